The van der Waals surface area contributed by atoms with Crippen LogP contribution in [0.3, 0.4) is 0 Å². The summed E-state index contributed by atoms with van der Waals surface area (Å²) in [6.45, 7) is 3.17. The number of benzene rings is 1. The van der Waals surface area contributed by atoms with Gasteiger partial charge in [-0.1, -0.05) is 6.07 Å². The number of hydrogen-bond acceptors (Lipinski definition) is 4. The van der Waals surface area contributed by atoms with Gasteiger partial charge < -0.3 is 5.11 Å². The lowest BCUT2D eigenvalue weighted by Gasteiger charge is -2.18. The number of phenolic OH excluding ortho intramolecular Hbond substituents is 1. The number of nitrogens with zero attached hydrogens (tertiary/aromatic N) is 1. The fourth-order valence-corrected chi connectivity index (χ4v) is 3.14. The summed E-state index contributed by atoms with van der Waals surface area (Å²) in [5, 5.41) is 9.81. The van der Waals surface area contributed by atoms with Gasteiger partial charge in [0.1, 0.15) is 12.3 Å². The average Bonchev–Trinajstić information content (AvgIpc) is 2.37. The van der Waals surface area contributed by atoms with Crippen molar-refractivity contribution in [3.05, 3.63) is 23.3 Å². The molecular weight excluding hydrogens is 244 g/mol. The van der Waals surface area contributed by atoms with E-state index in [0.29, 0.717) is 5.56 Å². The molecule has 1 fully saturated rings. The van der Waals surface area contributed by atoms with Gasteiger partial charge in [0.25, 0.3) is 5.91 Å². The van der Waals surface area contributed by atoms with E-state index in [4.69, 9.17) is 0 Å². The fourth-order valence-electron chi connectivity index (χ4n) is 1.91. The van der Waals surface area contributed by atoms with Gasteiger partial charge in [0.2, 0.25) is 0 Å². The number of rotatable bonds is 1. The second-order valence-corrected chi connectivity index (χ2v) is 5.58. The third-order valence-electron chi connectivity index (χ3n) is 2.49. The number of aryl methyl sites for hydroxylation is 2. The predicted octanol–water partition coefficient (Wildman–Crippen LogP) is 0.190. The van der Waals surface area contributed by atoms with E-state index in [0.717, 1.165) is 9.87 Å². The molecule has 92 valence electrons. The Balaban J connectivity index is 2.59. The number of nitrogens with one attached hydrogen (secondary N) is 1. The van der Waals surface area contributed by atoms with Crippen LogP contribution in [-0.2, 0) is 15.0 Å². The molecule has 0 spiro atoms. The van der Waals surface area contributed by atoms with E-state index in [1.54, 1.807) is 19.9 Å². The van der Waals surface area contributed by atoms with Crippen LogP contribution in [-0.4, -0.2) is 26.0 Å². The molecule has 0 unspecified atom stereocenters. The minimum Gasteiger partial charge on any atom is -0.506 e. The summed E-state index contributed by atoms with van der Waals surface area (Å²) in [7, 11) is -3.87. The standard InChI is InChI=1S/C10H12N2O4S/c1-6-3-7(2)10(8(13)4-6)12-5-9(14)11-17(12,15)16/h3-4,13H,5H2,1-2H3,(H,11,14). The molecule has 17 heavy (non-hydrogen) atoms. The van der Waals surface area contributed by atoms with Crippen LogP contribution in [0.15, 0.2) is 12.1 Å². The Morgan fingerprint density at radius 2 is 2.00 bits per heavy atom. The summed E-state index contributed by atoms with van der Waals surface area (Å²) in [6.07, 6.45) is 0. The van der Waals surface area contributed by atoms with Gasteiger partial charge in [-0.3, -0.25) is 4.79 Å². The van der Waals surface area contributed by atoms with Crippen molar-refractivity contribution >= 4 is 21.8 Å². The lowest BCUT2D eigenvalue weighted by Crippen LogP contribution is -2.30. The Hall–Kier alpha value is -1.76. The number of carbonyl (C=O) groups is 1. The molecule has 0 saturated carbocycles. The Bertz CT molecular complexity index is 571. The number of hydrogen-bond donors (Lipinski definition) is 2. The molecule has 2 N–H and O–H groups in total. The molecule has 1 aliphatic rings. The monoisotopic (exact) mass is 256 g/mol. The van der Waals surface area contributed by atoms with E-state index in [-0.39, 0.29) is 18.0 Å². The summed E-state index contributed by atoms with van der Waals surface area (Å²) < 4.78 is 26.0. The van der Waals surface area contributed by atoms with Gasteiger partial charge in [-0.2, -0.15) is 8.42 Å². The molecule has 1 heterocycles. The van der Waals surface area contributed by atoms with Gasteiger partial charge in [-0.25, -0.2) is 9.03 Å². The number of anilines is 1. The van der Waals surface area contributed by atoms with Crippen LogP contribution in [0.5, 0.6) is 5.75 Å². The Morgan fingerprint density at radius 3 is 2.47 bits per heavy atom. The van der Waals surface area contributed by atoms with Crippen molar-refractivity contribution < 1.29 is 18.3 Å². The maximum absolute atomic E-state index is 11.6. The lowest BCUT2D eigenvalue weighted by molar-refractivity contribution is -0.117. The number of carbonyl (C=O) groups excluding carboxylic acids is 1. The van der Waals surface area contributed by atoms with E-state index in [1.807, 2.05) is 4.72 Å². The number of phenols is 1. The number of amides is 1. The molecule has 1 aliphatic heterocycles. The molecule has 6 nitrogen and oxygen atoms in total. The highest BCUT2D eigenvalue weighted by atomic mass is 32.2. The highest BCUT2D eigenvalue weighted by molar-refractivity contribution is 7.92. The van der Waals surface area contributed by atoms with Gasteiger partial charge >= 0.3 is 10.2 Å². The minimum absolute atomic E-state index is 0.147. The first-order valence-electron chi connectivity index (χ1n) is 4.95. The predicted molar refractivity (Wildman–Crippen MR) is 62.0 cm³/mol. The molecule has 2 rings (SSSR count). The van der Waals surface area contributed by atoms with Crippen molar-refractivity contribution in [3.63, 3.8) is 0 Å². The van der Waals surface area contributed by atoms with Crippen LogP contribution in [0, 0.1) is 13.8 Å². The van der Waals surface area contributed by atoms with Gasteiger partial charge in [0, 0.05) is 0 Å². The maximum atomic E-state index is 11.6. The summed E-state index contributed by atoms with van der Waals surface area (Å²) in [5.41, 5.74) is 1.57. The smallest absolute Gasteiger partial charge is 0.326 e. The van der Waals surface area contributed by atoms with Crippen molar-refractivity contribution in [2.24, 2.45) is 0 Å². The fraction of sp³-hybridized carbons (Fsp3) is 0.300. The zero-order valence-corrected chi connectivity index (χ0v) is 10.2. The van der Waals surface area contributed by atoms with E-state index in [1.165, 1.54) is 6.07 Å². The lowest BCUT2D eigenvalue weighted by atomic mass is 10.1. The van der Waals surface area contributed by atoms with E-state index >= 15 is 0 Å². The summed E-state index contributed by atoms with van der Waals surface area (Å²) >= 11 is 0. The number of aromatic hydroxyl groups is 1. The minimum atomic E-state index is -3.87. The third-order valence-corrected chi connectivity index (χ3v) is 3.87. The molecule has 0 atom stereocenters. The zero-order valence-electron chi connectivity index (χ0n) is 9.39. The Labute approximate surface area is 99.0 Å². The first kappa shape index (κ1) is 11.7. The third kappa shape index (κ3) is 1.93. The average molecular weight is 256 g/mol. The van der Waals surface area contributed by atoms with Crippen molar-refractivity contribution in [1.29, 1.82) is 0 Å². The molecular formula is C10H12N2O4S. The molecule has 0 aromatic heterocycles. The molecule has 7 heteroatoms. The second kappa shape index (κ2) is 3.63. The van der Waals surface area contributed by atoms with Crippen LogP contribution in [0.25, 0.3) is 0 Å². The van der Waals surface area contributed by atoms with Crippen LogP contribution in [0.2, 0.25) is 0 Å². The highest BCUT2D eigenvalue weighted by Gasteiger charge is 2.36. The van der Waals surface area contributed by atoms with Crippen LogP contribution in [0.4, 0.5) is 5.69 Å². The molecule has 0 bridgehead atoms. The van der Waals surface area contributed by atoms with E-state index < -0.39 is 16.1 Å². The van der Waals surface area contributed by atoms with Crippen molar-refractivity contribution in [2.45, 2.75) is 13.8 Å². The van der Waals surface area contributed by atoms with Crippen LogP contribution in [0.1, 0.15) is 11.1 Å². The van der Waals surface area contributed by atoms with Crippen molar-refractivity contribution in [3.8, 4) is 5.75 Å². The Morgan fingerprint density at radius 1 is 1.35 bits per heavy atom. The highest BCUT2D eigenvalue weighted by Crippen LogP contribution is 2.34. The summed E-state index contributed by atoms with van der Waals surface area (Å²) in [4.78, 5) is 11.1. The van der Waals surface area contributed by atoms with Gasteiger partial charge in [-0.15, -0.1) is 0 Å². The SMILES string of the molecule is Cc1cc(C)c(N2CC(=O)NS2(=O)=O)c(O)c1. The summed E-state index contributed by atoms with van der Waals surface area (Å²) in [5.74, 6) is -0.757. The first-order valence-corrected chi connectivity index (χ1v) is 6.39. The van der Waals surface area contributed by atoms with E-state index in [2.05, 4.69) is 0 Å². The van der Waals surface area contributed by atoms with Crippen LogP contribution >= 0.6 is 0 Å². The Kier molecular flexibility index (Phi) is 2.50. The first-order chi connectivity index (χ1) is 7.81. The van der Waals surface area contributed by atoms with Crippen LogP contribution < -0.4 is 9.03 Å². The molecule has 0 radical (unpaired) electrons. The van der Waals surface area contributed by atoms with Gasteiger partial charge in [0.15, 0.2) is 0 Å². The normalized spacial score (nSPS) is 18.2. The largest absolute Gasteiger partial charge is 0.506 e. The molecule has 1 aromatic carbocycles. The molecule has 0 aliphatic carbocycles. The van der Waals surface area contributed by atoms with Gasteiger partial charge in [-0.05, 0) is 31.0 Å². The maximum Gasteiger partial charge on any atom is 0.326 e. The van der Waals surface area contributed by atoms with Crippen molar-refractivity contribution in [1.82, 2.24) is 4.72 Å². The zero-order chi connectivity index (χ0) is 12.8. The topological polar surface area (TPSA) is 86.7 Å². The second-order valence-electron chi connectivity index (χ2n) is 3.99. The molecule has 1 amide bonds. The van der Waals surface area contributed by atoms with Crippen molar-refractivity contribution in [2.75, 3.05) is 10.8 Å². The molecule has 1 saturated heterocycles. The van der Waals surface area contributed by atoms with Gasteiger partial charge in [0.05, 0.1) is 5.69 Å². The quantitative estimate of drug-likeness (QED) is 0.751. The molecule has 1 aromatic rings. The summed E-state index contributed by atoms with van der Waals surface area (Å²) in [6, 6.07) is 3.20. The van der Waals surface area contributed by atoms with E-state index in [9.17, 15) is 18.3 Å².